The van der Waals surface area contributed by atoms with E-state index in [1.54, 1.807) is 12.1 Å². The van der Waals surface area contributed by atoms with Crippen molar-refractivity contribution < 1.29 is 34.4 Å². The molecular formula is C20H20BrNO7. The third-order valence-electron chi connectivity index (χ3n) is 4.54. The summed E-state index contributed by atoms with van der Waals surface area (Å²) in [7, 11) is 0. The number of halogens is 1. The van der Waals surface area contributed by atoms with E-state index in [0.29, 0.717) is 13.0 Å². The van der Waals surface area contributed by atoms with Crippen LogP contribution in [0.25, 0.3) is 0 Å². The van der Waals surface area contributed by atoms with E-state index < -0.39 is 23.8 Å². The monoisotopic (exact) mass is 465 g/mol. The largest absolute Gasteiger partial charge is 0.475 e. The molecule has 0 saturated carbocycles. The number of benzene rings is 2. The van der Waals surface area contributed by atoms with Gasteiger partial charge < -0.3 is 30.1 Å². The molecule has 3 rings (SSSR count). The Balaban J connectivity index is 1.62. The summed E-state index contributed by atoms with van der Waals surface area (Å²) in [4.78, 5) is 22.6. The van der Waals surface area contributed by atoms with Crippen LogP contribution in [0.2, 0.25) is 0 Å². The first-order valence-corrected chi connectivity index (χ1v) is 9.66. The van der Waals surface area contributed by atoms with Crippen LogP contribution >= 0.6 is 15.9 Å². The molecule has 2 atom stereocenters. The lowest BCUT2D eigenvalue weighted by Crippen LogP contribution is -2.54. The van der Waals surface area contributed by atoms with Gasteiger partial charge in [0, 0.05) is 17.1 Å². The summed E-state index contributed by atoms with van der Waals surface area (Å²) < 4.78 is 11.0. The summed E-state index contributed by atoms with van der Waals surface area (Å²) in [6.45, 7) is 2.28. The van der Waals surface area contributed by atoms with Gasteiger partial charge in [0.25, 0.3) is 0 Å². The van der Waals surface area contributed by atoms with Gasteiger partial charge in [-0.25, -0.2) is 9.59 Å². The van der Waals surface area contributed by atoms with E-state index in [1.807, 2.05) is 31.2 Å². The van der Waals surface area contributed by atoms with Crippen molar-refractivity contribution in [3.8, 4) is 11.5 Å². The number of aliphatic carboxylic acids is 2. The molecule has 8 nitrogen and oxygen atoms in total. The number of rotatable bonds is 8. The lowest BCUT2D eigenvalue weighted by molar-refractivity contribution is -0.194. The van der Waals surface area contributed by atoms with E-state index in [9.17, 15) is 24.9 Å². The van der Waals surface area contributed by atoms with Gasteiger partial charge in [0.2, 0.25) is 0 Å². The number of ether oxygens (including phenoxy) is 2. The molecule has 1 aliphatic rings. The van der Waals surface area contributed by atoms with Crippen LogP contribution in [0.1, 0.15) is 24.2 Å². The van der Waals surface area contributed by atoms with Crippen molar-refractivity contribution in [2.24, 2.45) is 0 Å². The number of aliphatic hydroxyl groups excluding tert-OH is 1. The van der Waals surface area contributed by atoms with Crippen molar-refractivity contribution in [3.05, 3.63) is 58.1 Å². The number of nitrogens with one attached hydrogen (secondary N) is 1. The number of fused-ring (bicyclic) bond motifs is 1. The summed E-state index contributed by atoms with van der Waals surface area (Å²) in [5, 5.41) is 32.0. The molecule has 0 fully saturated rings. The highest BCUT2D eigenvalue weighted by molar-refractivity contribution is 9.10. The molecule has 0 aliphatic carbocycles. The Bertz CT molecular complexity index is 919. The molecule has 4 N–H and O–H groups in total. The SMILES string of the molecule is CC(Cc1ccc2c(c1)OC(C(=O)O)(C(=O)O)O2)NCC(O)c1ccccc1Br. The Morgan fingerprint density at radius 2 is 1.76 bits per heavy atom. The average molecular weight is 466 g/mol. The molecule has 0 spiro atoms. The molecule has 0 aromatic heterocycles. The van der Waals surface area contributed by atoms with Crippen LogP contribution in [0.4, 0.5) is 0 Å². The summed E-state index contributed by atoms with van der Waals surface area (Å²) in [5.74, 6) is -6.12. The first kappa shape index (κ1) is 21.1. The van der Waals surface area contributed by atoms with Gasteiger partial charge in [0.05, 0.1) is 6.10 Å². The van der Waals surface area contributed by atoms with Crippen LogP contribution in [0, 0.1) is 0 Å². The normalized spacial score (nSPS) is 16.2. The van der Waals surface area contributed by atoms with Crippen LogP contribution in [0.15, 0.2) is 46.9 Å². The van der Waals surface area contributed by atoms with Crippen LogP contribution in [0.5, 0.6) is 11.5 Å². The summed E-state index contributed by atoms with van der Waals surface area (Å²) >= 11 is 3.42. The molecule has 29 heavy (non-hydrogen) atoms. The zero-order chi connectivity index (χ0) is 21.2. The highest BCUT2D eigenvalue weighted by Gasteiger charge is 2.57. The Labute approximate surface area is 175 Å². The van der Waals surface area contributed by atoms with Crippen LogP contribution in [0.3, 0.4) is 0 Å². The second-order valence-electron chi connectivity index (χ2n) is 6.76. The zero-order valence-electron chi connectivity index (χ0n) is 15.5. The average Bonchev–Trinajstić information content (AvgIpc) is 3.07. The molecule has 2 aromatic rings. The first-order chi connectivity index (χ1) is 13.7. The van der Waals surface area contributed by atoms with Crippen LogP contribution in [-0.4, -0.2) is 45.6 Å². The summed E-state index contributed by atoms with van der Waals surface area (Å²) in [5.41, 5.74) is 1.59. The predicted molar refractivity (Wildman–Crippen MR) is 106 cm³/mol. The minimum atomic E-state index is -2.77. The summed E-state index contributed by atoms with van der Waals surface area (Å²) in [6, 6.07) is 12.2. The fourth-order valence-electron chi connectivity index (χ4n) is 3.03. The standard InChI is InChI=1S/C20H20BrNO7/c1-11(22-10-15(23)13-4-2-3-5-14(13)21)8-12-6-7-16-17(9-12)29-20(28-16,18(24)25)19(26)27/h2-7,9,11,15,22-23H,8,10H2,1H3,(H,24,25)(H,26,27). The van der Waals surface area contributed by atoms with Crippen LogP contribution in [-0.2, 0) is 16.0 Å². The highest BCUT2D eigenvalue weighted by Crippen LogP contribution is 2.40. The molecular weight excluding hydrogens is 446 g/mol. The molecule has 154 valence electrons. The maximum atomic E-state index is 11.3. The lowest BCUT2D eigenvalue weighted by atomic mass is 10.1. The van der Waals surface area contributed by atoms with E-state index in [4.69, 9.17) is 9.47 Å². The third-order valence-corrected chi connectivity index (χ3v) is 5.27. The quantitative estimate of drug-likeness (QED) is 0.437. The van der Waals surface area contributed by atoms with Gasteiger partial charge >= 0.3 is 17.7 Å². The van der Waals surface area contributed by atoms with Gasteiger partial charge in [-0.05, 0) is 42.7 Å². The second-order valence-corrected chi connectivity index (χ2v) is 7.62. The number of aliphatic hydroxyl groups is 1. The van der Waals surface area contributed by atoms with Crippen LogP contribution < -0.4 is 14.8 Å². The Hall–Kier alpha value is -2.62. The predicted octanol–water partition coefficient (Wildman–Crippen LogP) is 2.34. The fourth-order valence-corrected chi connectivity index (χ4v) is 3.58. The fraction of sp³-hybridized carbons (Fsp3) is 0.300. The number of carboxylic acid groups (broad SMARTS) is 2. The highest BCUT2D eigenvalue weighted by atomic mass is 79.9. The lowest BCUT2D eigenvalue weighted by Gasteiger charge is -2.18. The number of hydrogen-bond donors (Lipinski definition) is 4. The maximum absolute atomic E-state index is 11.3. The van der Waals surface area contributed by atoms with E-state index in [0.717, 1.165) is 15.6 Å². The number of carboxylic acids is 2. The Morgan fingerprint density at radius 3 is 2.41 bits per heavy atom. The van der Waals surface area contributed by atoms with Gasteiger partial charge in [-0.2, -0.15) is 0 Å². The van der Waals surface area contributed by atoms with Crippen molar-refractivity contribution in [2.45, 2.75) is 31.3 Å². The topological polar surface area (TPSA) is 125 Å². The number of hydrogen-bond acceptors (Lipinski definition) is 6. The van der Waals surface area contributed by atoms with E-state index in [-0.39, 0.29) is 17.5 Å². The molecule has 0 amide bonds. The molecule has 0 saturated heterocycles. The molecule has 1 heterocycles. The van der Waals surface area contributed by atoms with E-state index >= 15 is 0 Å². The van der Waals surface area contributed by atoms with Crippen molar-refractivity contribution in [3.63, 3.8) is 0 Å². The molecule has 1 aliphatic heterocycles. The van der Waals surface area contributed by atoms with E-state index in [2.05, 4.69) is 21.2 Å². The van der Waals surface area contributed by atoms with Gasteiger partial charge in [0.15, 0.2) is 11.5 Å². The molecule has 2 unspecified atom stereocenters. The zero-order valence-corrected chi connectivity index (χ0v) is 17.0. The van der Waals surface area contributed by atoms with E-state index in [1.165, 1.54) is 6.07 Å². The minimum absolute atomic E-state index is 0.0174. The first-order valence-electron chi connectivity index (χ1n) is 8.86. The molecule has 2 aromatic carbocycles. The van der Waals surface area contributed by atoms with Crippen molar-refractivity contribution in [1.82, 2.24) is 5.32 Å². The Kier molecular flexibility index (Phi) is 6.11. The summed E-state index contributed by atoms with van der Waals surface area (Å²) in [6.07, 6.45) is -0.136. The Morgan fingerprint density at radius 1 is 1.10 bits per heavy atom. The smallest absolute Gasteiger partial charge is 0.453 e. The van der Waals surface area contributed by atoms with Crippen molar-refractivity contribution in [1.29, 1.82) is 0 Å². The van der Waals surface area contributed by atoms with Crippen molar-refractivity contribution >= 4 is 27.9 Å². The minimum Gasteiger partial charge on any atom is -0.475 e. The van der Waals surface area contributed by atoms with Crippen molar-refractivity contribution in [2.75, 3.05) is 6.54 Å². The molecule has 9 heteroatoms. The maximum Gasteiger partial charge on any atom is 0.453 e. The van der Waals surface area contributed by atoms with Gasteiger partial charge in [-0.3, -0.25) is 0 Å². The second kappa shape index (κ2) is 8.40. The number of carbonyl (C=O) groups is 2. The van der Waals surface area contributed by atoms with Gasteiger partial charge in [-0.1, -0.05) is 40.2 Å². The van der Waals surface area contributed by atoms with Gasteiger partial charge in [0.1, 0.15) is 0 Å². The third kappa shape index (κ3) is 4.36. The van der Waals surface area contributed by atoms with Gasteiger partial charge in [-0.15, -0.1) is 0 Å². The molecule has 0 bridgehead atoms. The molecule has 0 radical (unpaired) electrons.